The lowest BCUT2D eigenvalue weighted by atomic mass is 9.95. The molecule has 1 aromatic heterocycles. The van der Waals surface area contributed by atoms with E-state index in [4.69, 9.17) is 30.5 Å². The van der Waals surface area contributed by atoms with Crippen LogP contribution in [0.25, 0.3) is 6.08 Å². The maximum Gasteiger partial charge on any atom is 0.344 e. The van der Waals surface area contributed by atoms with Crippen molar-refractivity contribution in [3.05, 3.63) is 89.1 Å². The van der Waals surface area contributed by atoms with E-state index in [9.17, 15) is 14.4 Å². The van der Waals surface area contributed by atoms with Crippen molar-refractivity contribution in [2.24, 2.45) is 4.99 Å². The number of aromatic nitrogens is 1. The van der Waals surface area contributed by atoms with Crippen LogP contribution in [0, 0.1) is 6.92 Å². The Hall–Kier alpha value is -3.89. The van der Waals surface area contributed by atoms with Crippen LogP contribution in [-0.2, 0) is 19.1 Å². The number of aryl methyl sites for hydroxylation is 1. The van der Waals surface area contributed by atoms with Crippen LogP contribution in [0.4, 0.5) is 0 Å². The molecular weight excluding hydrogens is 556 g/mol. The Morgan fingerprint density at radius 3 is 2.45 bits per heavy atom. The predicted octanol–water partition coefficient (Wildman–Crippen LogP) is 3.71. The van der Waals surface area contributed by atoms with E-state index in [0.717, 1.165) is 11.1 Å². The highest BCUT2D eigenvalue weighted by atomic mass is 35.5. The molecule has 0 radical (unpaired) electrons. The highest BCUT2D eigenvalue weighted by molar-refractivity contribution is 7.07. The van der Waals surface area contributed by atoms with Crippen molar-refractivity contribution in [2.45, 2.75) is 33.7 Å². The van der Waals surface area contributed by atoms with Gasteiger partial charge < -0.3 is 18.9 Å². The van der Waals surface area contributed by atoms with Gasteiger partial charge in [-0.1, -0.05) is 52.8 Å². The Balaban J connectivity index is 1.82. The van der Waals surface area contributed by atoms with Crippen molar-refractivity contribution in [1.82, 2.24) is 4.57 Å². The number of carbonyl (C=O) groups is 2. The minimum Gasteiger partial charge on any atom is -0.493 e. The standard InChI is InChI=1S/C29H29ClN2O7S/c1-6-37-23(33)15-39-26-20(30)12-18(13-21(26)36-5)14-22-27(34)32-25(19-10-8-16(3)9-11-19)24(28(35)38-7-2)17(4)31-29(32)40-22/h8-14,25H,6-7,15H2,1-5H3/b22-14+/t25-/m0/s1. The van der Waals surface area contributed by atoms with Gasteiger partial charge in [0.15, 0.2) is 22.9 Å². The Morgan fingerprint density at radius 1 is 1.10 bits per heavy atom. The quantitative estimate of drug-likeness (QED) is 0.353. The fourth-order valence-electron chi connectivity index (χ4n) is 4.30. The van der Waals surface area contributed by atoms with Crippen molar-refractivity contribution < 1.29 is 28.5 Å². The second-order valence-corrected chi connectivity index (χ2v) is 10.3. The number of benzene rings is 2. The summed E-state index contributed by atoms with van der Waals surface area (Å²) in [6.07, 6.45) is 1.67. The summed E-state index contributed by atoms with van der Waals surface area (Å²) >= 11 is 7.66. The Kier molecular flexibility index (Phi) is 9.11. The fourth-order valence-corrected chi connectivity index (χ4v) is 5.62. The van der Waals surface area contributed by atoms with Gasteiger partial charge in [-0.2, -0.15) is 0 Å². The lowest BCUT2D eigenvalue weighted by Crippen LogP contribution is -2.39. The van der Waals surface area contributed by atoms with E-state index in [0.29, 0.717) is 26.2 Å². The van der Waals surface area contributed by atoms with Crippen molar-refractivity contribution >= 4 is 41.0 Å². The molecule has 1 aliphatic heterocycles. The molecule has 0 spiro atoms. The summed E-state index contributed by atoms with van der Waals surface area (Å²) in [5.41, 5.74) is 2.88. The molecule has 0 N–H and O–H groups in total. The predicted molar refractivity (Wildman–Crippen MR) is 152 cm³/mol. The van der Waals surface area contributed by atoms with Crippen LogP contribution < -0.4 is 24.4 Å². The molecule has 1 atom stereocenters. The molecule has 2 heterocycles. The first-order valence-electron chi connectivity index (χ1n) is 12.6. The third-order valence-corrected chi connectivity index (χ3v) is 7.36. The van der Waals surface area contributed by atoms with Crippen LogP contribution in [0.15, 0.2) is 57.5 Å². The number of allylic oxidation sites excluding steroid dienone is 1. The molecule has 0 bridgehead atoms. The smallest absolute Gasteiger partial charge is 0.344 e. The van der Waals surface area contributed by atoms with E-state index in [1.54, 1.807) is 39.0 Å². The van der Waals surface area contributed by atoms with Gasteiger partial charge in [-0.15, -0.1) is 0 Å². The number of hydrogen-bond donors (Lipinski definition) is 0. The molecule has 9 nitrogen and oxygen atoms in total. The number of halogens is 1. The van der Waals surface area contributed by atoms with E-state index in [2.05, 4.69) is 4.99 Å². The van der Waals surface area contributed by atoms with Crippen LogP contribution in [0.5, 0.6) is 11.5 Å². The zero-order chi connectivity index (χ0) is 29.0. The van der Waals surface area contributed by atoms with Gasteiger partial charge in [-0.3, -0.25) is 9.36 Å². The molecule has 4 rings (SSSR count). The summed E-state index contributed by atoms with van der Waals surface area (Å²) in [5.74, 6) is -0.580. The maximum atomic E-state index is 13.8. The summed E-state index contributed by atoms with van der Waals surface area (Å²) in [6, 6.07) is 10.2. The first-order chi connectivity index (χ1) is 19.2. The van der Waals surface area contributed by atoms with Gasteiger partial charge in [-0.25, -0.2) is 14.6 Å². The molecule has 2 aromatic carbocycles. The van der Waals surface area contributed by atoms with Gasteiger partial charge >= 0.3 is 11.9 Å². The molecule has 1 aliphatic rings. The SMILES string of the molecule is CCOC(=O)COc1c(Cl)cc(/C=c2/sc3n(c2=O)[C@@H](c2ccc(C)cc2)C(C(=O)OCC)=C(C)N=3)cc1OC. The van der Waals surface area contributed by atoms with Gasteiger partial charge in [0.1, 0.15) is 0 Å². The molecule has 3 aromatic rings. The average Bonchev–Trinajstić information content (AvgIpc) is 3.21. The minimum atomic E-state index is -0.699. The highest BCUT2D eigenvalue weighted by Crippen LogP contribution is 2.37. The summed E-state index contributed by atoms with van der Waals surface area (Å²) in [5, 5.41) is 0.195. The minimum absolute atomic E-state index is 0.185. The van der Waals surface area contributed by atoms with Gasteiger partial charge in [0, 0.05) is 0 Å². The van der Waals surface area contributed by atoms with Crippen LogP contribution in [0.3, 0.4) is 0 Å². The third kappa shape index (κ3) is 5.97. The molecule has 210 valence electrons. The molecule has 0 aliphatic carbocycles. The number of methoxy groups -OCH3 is 1. The molecule has 0 fully saturated rings. The summed E-state index contributed by atoms with van der Waals surface area (Å²) < 4.78 is 23.1. The molecule has 0 saturated carbocycles. The monoisotopic (exact) mass is 584 g/mol. The van der Waals surface area contributed by atoms with Gasteiger partial charge in [0.05, 0.1) is 47.2 Å². The lowest BCUT2D eigenvalue weighted by Gasteiger charge is -2.24. The molecule has 0 amide bonds. The lowest BCUT2D eigenvalue weighted by molar-refractivity contribution is -0.145. The van der Waals surface area contributed by atoms with Crippen LogP contribution in [-0.4, -0.2) is 43.4 Å². The number of carbonyl (C=O) groups excluding carboxylic acids is 2. The van der Waals surface area contributed by atoms with E-state index >= 15 is 0 Å². The van der Waals surface area contributed by atoms with Crippen molar-refractivity contribution in [2.75, 3.05) is 26.9 Å². The Bertz CT molecular complexity index is 1650. The van der Waals surface area contributed by atoms with Crippen LogP contribution in [0.1, 0.15) is 43.5 Å². The highest BCUT2D eigenvalue weighted by Gasteiger charge is 2.33. The van der Waals surface area contributed by atoms with Gasteiger partial charge in [0.2, 0.25) is 0 Å². The van der Waals surface area contributed by atoms with Gasteiger partial charge in [-0.05, 0) is 57.0 Å². The zero-order valence-electron chi connectivity index (χ0n) is 22.8. The summed E-state index contributed by atoms with van der Waals surface area (Å²) in [6.45, 7) is 7.24. The molecule has 0 unspecified atom stereocenters. The molecule has 0 saturated heterocycles. The number of hydrogen-bond acceptors (Lipinski definition) is 9. The number of ether oxygens (including phenoxy) is 4. The van der Waals surface area contributed by atoms with Crippen molar-refractivity contribution in [1.29, 1.82) is 0 Å². The second-order valence-electron chi connectivity index (χ2n) is 8.84. The third-order valence-electron chi connectivity index (χ3n) is 6.10. The second kappa shape index (κ2) is 12.5. The number of nitrogens with zero attached hydrogens (tertiary/aromatic N) is 2. The summed E-state index contributed by atoms with van der Waals surface area (Å²) in [7, 11) is 1.45. The van der Waals surface area contributed by atoms with E-state index in [1.807, 2.05) is 31.2 Å². The zero-order valence-corrected chi connectivity index (χ0v) is 24.4. The van der Waals surface area contributed by atoms with Crippen molar-refractivity contribution in [3.8, 4) is 11.5 Å². The maximum absolute atomic E-state index is 13.8. The fraction of sp³-hybridized carbons (Fsp3) is 0.310. The first kappa shape index (κ1) is 29.1. The normalized spacial score (nSPS) is 14.8. The van der Waals surface area contributed by atoms with E-state index < -0.39 is 18.0 Å². The summed E-state index contributed by atoms with van der Waals surface area (Å²) in [4.78, 5) is 43.6. The largest absolute Gasteiger partial charge is 0.493 e. The molecule has 11 heteroatoms. The molecular formula is C29H29ClN2O7S. The Labute approximate surface area is 239 Å². The first-order valence-corrected chi connectivity index (χ1v) is 13.8. The average molecular weight is 585 g/mol. The van der Waals surface area contributed by atoms with Crippen LogP contribution >= 0.6 is 22.9 Å². The number of rotatable bonds is 9. The van der Waals surface area contributed by atoms with Crippen LogP contribution in [0.2, 0.25) is 5.02 Å². The number of fused-ring (bicyclic) bond motifs is 1. The topological polar surface area (TPSA) is 105 Å². The number of esters is 2. The van der Waals surface area contributed by atoms with Gasteiger partial charge in [0.25, 0.3) is 5.56 Å². The van der Waals surface area contributed by atoms with Crippen molar-refractivity contribution in [3.63, 3.8) is 0 Å². The number of thiazole rings is 1. The van der Waals surface area contributed by atoms with E-state index in [1.165, 1.54) is 23.0 Å². The van der Waals surface area contributed by atoms with E-state index in [-0.39, 0.29) is 41.9 Å². The molecule has 40 heavy (non-hydrogen) atoms. The Morgan fingerprint density at radius 2 is 1.80 bits per heavy atom.